The third kappa shape index (κ3) is 3.66. The summed E-state index contributed by atoms with van der Waals surface area (Å²) < 4.78 is 0. The first-order valence-corrected chi connectivity index (χ1v) is 9.70. The molecule has 1 N–H and O–H groups in total. The highest BCUT2D eigenvalue weighted by molar-refractivity contribution is 6.21. The van der Waals surface area contributed by atoms with E-state index >= 15 is 0 Å². The average molecular weight is 392 g/mol. The fourth-order valence-electron chi connectivity index (χ4n) is 3.89. The van der Waals surface area contributed by atoms with Crippen molar-refractivity contribution in [2.24, 2.45) is 0 Å². The van der Waals surface area contributed by atoms with Gasteiger partial charge >= 0.3 is 0 Å². The first kappa shape index (κ1) is 19.3. The molecule has 0 radical (unpaired) electrons. The molecule has 4 rings (SSSR count). The Balaban J connectivity index is 1.59. The van der Waals surface area contributed by atoms with E-state index in [0.717, 1.165) is 36.6 Å². The molecule has 29 heavy (non-hydrogen) atoms. The van der Waals surface area contributed by atoms with Crippen LogP contribution in [-0.2, 0) is 4.79 Å². The zero-order valence-corrected chi connectivity index (χ0v) is 16.6. The molecule has 7 nitrogen and oxygen atoms in total. The maximum atomic E-state index is 13.3. The summed E-state index contributed by atoms with van der Waals surface area (Å²) in [4.78, 5) is 43.1. The topological polar surface area (TPSA) is 73.0 Å². The first-order valence-electron chi connectivity index (χ1n) is 9.70. The third-order valence-electron chi connectivity index (χ3n) is 5.62. The number of imide groups is 1. The van der Waals surface area contributed by atoms with Gasteiger partial charge in [0.05, 0.1) is 11.1 Å². The predicted octanol–water partition coefficient (Wildman–Crippen LogP) is 1.84. The van der Waals surface area contributed by atoms with Crippen molar-refractivity contribution < 1.29 is 14.4 Å². The molecule has 0 aromatic heterocycles. The largest absolute Gasteiger partial charge is 0.324 e. The number of anilines is 1. The molecular weight excluding hydrogens is 368 g/mol. The molecule has 3 amide bonds. The molecule has 7 heteroatoms. The Labute approximate surface area is 169 Å². The molecule has 0 aliphatic carbocycles. The molecule has 0 saturated carbocycles. The van der Waals surface area contributed by atoms with Crippen LogP contribution in [0.2, 0.25) is 0 Å². The van der Waals surface area contributed by atoms with Crippen molar-refractivity contribution in [3.8, 4) is 0 Å². The van der Waals surface area contributed by atoms with Crippen molar-refractivity contribution in [3.05, 3.63) is 65.2 Å². The van der Waals surface area contributed by atoms with E-state index in [9.17, 15) is 14.4 Å². The summed E-state index contributed by atoms with van der Waals surface area (Å²) in [6, 6.07) is 14.2. The Kier molecular flexibility index (Phi) is 5.17. The van der Waals surface area contributed by atoms with E-state index in [1.807, 2.05) is 30.3 Å². The standard InChI is InChI=1S/C22H24N4O3/c1-24-10-12-26(13-11-24)19(15-6-4-3-5-7-15)20(27)23-16-8-9-17-18(14-16)22(29)25(2)21(17)28/h3-9,14,19H,10-13H2,1-2H3,(H,23,27). The number of nitrogens with zero attached hydrogens (tertiary/aromatic N) is 3. The molecular formula is C22H24N4O3. The highest BCUT2D eigenvalue weighted by Gasteiger charge is 2.34. The van der Waals surface area contributed by atoms with Crippen LogP contribution < -0.4 is 5.32 Å². The Morgan fingerprint density at radius 1 is 0.897 bits per heavy atom. The van der Waals surface area contributed by atoms with Crippen molar-refractivity contribution in [3.63, 3.8) is 0 Å². The van der Waals surface area contributed by atoms with Crippen LogP contribution in [0.25, 0.3) is 0 Å². The number of benzene rings is 2. The molecule has 2 aliphatic rings. The van der Waals surface area contributed by atoms with Crippen molar-refractivity contribution in [1.29, 1.82) is 0 Å². The number of rotatable bonds is 4. The van der Waals surface area contributed by atoms with E-state index in [0.29, 0.717) is 16.8 Å². The van der Waals surface area contributed by atoms with Gasteiger partial charge in [0.25, 0.3) is 11.8 Å². The zero-order valence-electron chi connectivity index (χ0n) is 16.6. The van der Waals surface area contributed by atoms with E-state index in [1.165, 1.54) is 7.05 Å². The highest BCUT2D eigenvalue weighted by Crippen LogP contribution is 2.27. The van der Waals surface area contributed by atoms with E-state index in [2.05, 4.69) is 22.2 Å². The second-order valence-corrected chi connectivity index (χ2v) is 7.57. The highest BCUT2D eigenvalue weighted by atomic mass is 16.2. The lowest BCUT2D eigenvalue weighted by Gasteiger charge is -2.37. The van der Waals surface area contributed by atoms with Gasteiger partial charge in [-0.1, -0.05) is 30.3 Å². The van der Waals surface area contributed by atoms with Gasteiger partial charge in [0.15, 0.2) is 0 Å². The Bertz CT molecular complexity index is 952. The maximum absolute atomic E-state index is 13.3. The summed E-state index contributed by atoms with van der Waals surface area (Å²) >= 11 is 0. The number of carbonyl (C=O) groups is 3. The molecule has 2 heterocycles. The van der Waals surface area contributed by atoms with Gasteiger partial charge in [-0.2, -0.15) is 0 Å². The number of fused-ring (bicyclic) bond motifs is 1. The van der Waals surface area contributed by atoms with Gasteiger partial charge in [0.2, 0.25) is 5.91 Å². The van der Waals surface area contributed by atoms with Crippen LogP contribution in [-0.4, -0.2) is 72.7 Å². The van der Waals surface area contributed by atoms with Crippen molar-refractivity contribution in [2.75, 3.05) is 45.6 Å². The molecule has 2 aliphatic heterocycles. The number of hydrogen-bond acceptors (Lipinski definition) is 5. The minimum absolute atomic E-state index is 0.147. The predicted molar refractivity (Wildman–Crippen MR) is 110 cm³/mol. The minimum Gasteiger partial charge on any atom is -0.324 e. The van der Waals surface area contributed by atoms with Gasteiger partial charge in [-0.15, -0.1) is 0 Å². The van der Waals surface area contributed by atoms with E-state index in [-0.39, 0.29) is 17.7 Å². The Hall–Kier alpha value is -3.03. The van der Waals surface area contributed by atoms with Crippen LogP contribution in [0.15, 0.2) is 48.5 Å². The van der Waals surface area contributed by atoms with Crippen LogP contribution in [0, 0.1) is 0 Å². The van der Waals surface area contributed by atoms with Gasteiger partial charge in [-0.05, 0) is 30.8 Å². The van der Waals surface area contributed by atoms with Crippen LogP contribution in [0.1, 0.15) is 32.3 Å². The fraction of sp³-hybridized carbons (Fsp3) is 0.318. The summed E-state index contributed by atoms with van der Waals surface area (Å²) in [7, 11) is 3.54. The number of carbonyl (C=O) groups excluding carboxylic acids is 3. The number of hydrogen-bond donors (Lipinski definition) is 1. The SMILES string of the molecule is CN1CCN(C(C(=O)Nc2ccc3c(c2)C(=O)N(C)C3=O)c2ccccc2)CC1. The Morgan fingerprint density at radius 2 is 1.55 bits per heavy atom. The summed E-state index contributed by atoms with van der Waals surface area (Å²) in [5.41, 5.74) is 2.14. The second kappa shape index (κ2) is 7.77. The third-order valence-corrected chi connectivity index (χ3v) is 5.62. The van der Waals surface area contributed by atoms with E-state index in [1.54, 1.807) is 18.2 Å². The van der Waals surface area contributed by atoms with Gasteiger partial charge in [-0.25, -0.2) is 0 Å². The van der Waals surface area contributed by atoms with Gasteiger partial charge in [0.1, 0.15) is 6.04 Å². The van der Waals surface area contributed by atoms with Crippen LogP contribution >= 0.6 is 0 Å². The van der Waals surface area contributed by atoms with Crippen LogP contribution in [0.4, 0.5) is 5.69 Å². The van der Waals surface area contributed by atoms with E-state index < -0.39 is 6.04 Å². The molecule has 1 atom stereocenters. The molecule has 1 fully saturated rings. The summed E-state index contributed by atoms with van der Waals surface area (Å²) in [6.45, 7) is 3.40. The van der Waals surface area contributed by atoms with Crippen molar-refractivity contribution in [2.45, 2.75) is 6.04 Å². The van der Waals surface area contributed by atoms with Crippen molar-refractivity contribution in [1.82, 2.24) is 14.7 Å². The Morgan fingerprint density at radius 3 is 2.24 bits per heavy atom. The molecule has 150 valence electrons. The first-order chi connectivity index (χ1) is 14.0. The number of likely N-dealkylation sites (N-methyl/N-ethyl adjacent to an activating group) is 1. The summed E-state index contributed by atoms with van der Waals surface area (Å²) in [5, 5.41) is 2.95. The lowest BCUT2D eigenvalue weighted by molar-refractivity contribution is -0.122. The van der Waals surface area contributed by atoms with Crippen LogP contribution in [0.3, 0.4) is 0 Å². The fourth-order valence-corrected chi connectivity index (χ4v) is 3.89. The smallest absolute Gasteiger partial charge is 0.261 e. The minimum atomic E-state index is -0.418. The molecule has 1 saturated heterocycles. The van der Waals surface area contributed by atoms with Gasteiger partial charge < -0.3 is 10.2 Å². The molecule has 1 unspecified atom stereocenters. The lowest BCUT2D eigenvalue weighted by Crippen LogP contribution is -2.48. The van der Waals surface area contributed by atoms with E-state index in [4.69, 9.17) is 0 Å². The second-order valence-electron chi connectivity index (χ2n) is 7.57. The molecule has 0 bridgehead atoms. The van der Waals surface area contributed by atoms with Crippen LogP contribution in [0.5, 0.6) is 0 Å². The number of nitrogens with one attached hydrogen (secondary N) is 1. The number of amides is 3. The lowest BCUT2D eigenvalue weighted by atomic mass is 10.0. The average Bonchev–Trinajstić information content (AvgIpc) is 2.94. The quantitative estimate of drug-likeness (QED) is 0.804. The number of piperazine rings is 1. The van der Waals surface area contributed by atoms with Crippen molar-refractivity contribution >= 4 is 23.4 Å². The molecule has 2 aromatic rings. The molecule has 2 aromatic carbocycles. The zero-order chi connectivity index (χ0) is 20.5. The summed E-state index contributed by atoms with van der Waals surface area (Å²) in [6.07, 6.45) is 0. The maximum Gasteiger partial charge on any atom is 0.261 e. The van der Waals surface area contributed by atoms with Gasteiger partial charge in [-0.3, -0.25) is 24.2 Å². The monoisotopic (exact) mass is 392 g/mol. The normalized spacial score (nSPS) is 18.6. The molecule has 0 spiro atoms. The summed E-state index contributed by atoms with van der Waals surface area (Å²) in [5.74, 6) is -0.812. The van der Waals surface area contributed by atoms with Gasteiger partial charge in [0, 0.05) is 38.9 Å².